The normalized spacial score (nSPS) is 13.3. The van der Waals surface area contributed by atoms with E-state index in [0.717, 1.165) is 12.8 Å². The summed E-state index contributed by atoms with van der Waals surface area (Å²) in [7, 11) is 0. The summed E-state index contributed by atoms with van der Waals surface area (Å²) in [6.07, 6.45) is 8.52. The number of rotatable bonds is 10. The molecular formula is C16H32O3. The molecule has 3 nitrogen and oxygen atoms in total. The maximum atomic E-state index is 11.5. The van der Waals surface area contributed by atoms with E-state index >= 15 is 0 Å². The first kappa shape index (κ1) is 18.4. The highest BCUT2D eigenvalue weighted by Crippen LogP contribution is 2.13. The number of ether oxygens (including phenoxy) is 1. The van der Waals surface area contributed by atoms with E-state index in [9.17, 15) is 9.90 Å². The van der Waals surface area contributed by atoms with Gasteiger partial charge in [-0.15, -0.1) is 0 Å². The van der Waals surface area contributed by atoms with Crippen LogP contribution >= 0.6 is 0 Å². The number of hydrogen-bond acceptors (Lipinski definition) is 3. The monoisotopic (exact) mass is 272 g/mol. The van der Waals surface area contributed by atoms with Crippen LogP contribution in [-0.2, 0) is 9.53 Å². The summed E-state index contributed by atoms with van der Waals surface area (Å²) in [5.74, 6) is -0.164. The molecule has 0 aromatic rings. The van der Waals surface area contributed by atoms with E-state index in [-0.39, 0.29) is 12.1 Å². The molecule has 1 unspecified atom stereocenters. The number of unbranched alkanes of at least 4 members (excludes halogenated alkanes) is 4. The predicted octanol–water partition coefficient (Wildman–Crippen LogP) is 4.22. The zero-order valence-electron chi connectivity index (χ0n) is 13.2. The van der Waals surface area contributed by atoms with Gasteiger partial charge in [0.15, 0.2) is 0 Å². The van der Waals surface area contributed by atoms with Crippen LogP contribution in [0.2, 0.25) is 0 Å². The van der Waals surface area contributed by atoms with Crippen molar-refractivity contribution in [3.05, 3.63) is 0 Å². The summed E-state index contributed by atoms with van der Waals surface area (Å²) < 4.78 is 5.22. The number of esters is 1. The molecule has 0 heterocycles. The lowest BCUT2D eigenvalue weighted by Crippen LogP contribution is -2.23. The molecular weight excluding hydrogens is 240 g/mol. The Labute approximate surface area is 118 Å². The highest BCUT2D eigenvalue weighted by molar-refractivity contribution is 5.69. The molecule has 19 heavy (non-hydrogen) atoms. The van der Waals surface area contributed by atoms with Crippen LogP contribution in [0.3, 0.4) is 0 Å². The Morgan fingerprint density at radius 1 is 1.05 bits per heavy atom. The van der Waals surface area contributed by atoms with E-state index in [4.69, 9.17) is 4.74 Å². The van der Waals surface area contributed by atoms with Gasteiger partial charge in [-0.2, -0.15) is 0 Å². The van der Waals surface area contributed by atoms with Gasteiger partial charge in [-0.05, 0) is 40.0 Å². The van der Waals surface area contributed by atoms with Gasteiger partial charge >= 0.3 is 5.97 Å². The number of aliphatic hydroxyl groups excluding tert-OH is 1. The molecule has 114 valence electrons. The van der Waals surface area contributed by atoms with Crippen molar-refractivity contribution in [1.82, 2.24) is 0 Å². The molecule has 0 aliphatic rings. The molecule has 3 heteroatoms. The van der Waals surface area contributed by atoms with Crippen LogP contribution in [0.5, 0.6) is 0 Å². The SMILES string of the molecule is CCCCCCCC(O)CCCC(=O)OC(C)(C)C. The van der Waals surface area contributed by atoms with Gasteiger partial charge in [0.1, 0.15) is 5.60 Å². The largest absolute Gasteiger partial charge is 0.460 e. The molecule has 0 fully saturated rings. The molecule has 0 saturated carbocycles. The van der Waals surface area contributed by atoms with E-state index in [1.807, 2.05) is 20.8 Å². The Morgan fingerprint density at radius 2 is 1.63 bits per heavy atom. The lowest BCUT2D eigenvalue weighted by atomic mass is 10.0. The number of carbonyl (C=O) groups excluding carboxylic acids is 1. The fourth-order valence-electron chi connectivity index (χ4n) is 2.00. The van der Waals surface area contributed by atoms with Gasteiger partial charge in [-0.3, -0.25) is 4.79 Å². The van der Waals surface area contributed by atoms with Gasteiger partial charge in [0, 0.05) is 6.42 Å². The molecule has 0 saturated heterocycles. The van der Waals surface area contributed by atoms with Gasteiger partial charge in [-0.1, -0.05) is 39.0 Å². The molecule has 1 atom stereocenters. The number of carbonyl (C=O) groups is 1. The highest BCUT2D eigenvalue weighted by atomic mass is 16.6. The van der Waals surface area contributed by atoms with Gasteiger partial charge in [0.25, 0.3) is 0 Å². The summed E-state index contributed by atoms with van der Waals surface area (Å²) in [5.41, 5.74) is -0.408. The van der Waals surface area contributed by atoms with Crippen molar-refractivity contribution in [2.24, 2.45) is 0 Å². The Bertz CT molecular complexity index is 231. The molecule has 0 spiro atoms. The molecule has 0 aromatic carbocycles. The fraction of sp³-hybridized carbons (Fsp3) is 0.938. The van der Waals surface area contributed by atoms with Crippen LogP contribution in [0.15, 0.2) is 0 Å². The Balaban J connectivity index is 3.47. The molecule has 0 aromatic heterocycles. The van der Waals surface area contributed by atoms with Crippen molar-refractivity contribution in [2.45, 2.75) is 97.2 Å². The van der Waals surface area contributed by atoms with Gasteiger partial charge in [0.05, 0.1) is 6.10 Å². The van der Waals surface area contributed by atoms with E-state index < -0.39 is 5.60 Å². The first-order chi connectivity index (χ1) is 8.85. The molecule has 0 aliphatic heterocycles. The lowest BCUT2D eigenvalue weighted by Gasteiger charge is -2.19. The molecule has 0 amide bonds. The Hall–Kier alpha value is -0.570. The first-order valence-electron chi connectivity index (χ1n) is 7.75. The van der Waals surface area contributed by atoms with E-state index in [0.29, 0.717) is 19.3 Å². The van der Waals surface area contributed by atoms with Crippen molar-refractivity contribution in [1.29, 1.82) is 0 Å². The second-order valence-corrected chi connectivity index (χ2v) is 6.34. The van der Waals surface area contributed by atoms with Crippen LogP contribution in [0, 0.1) is 0 Å². The van der Waals surface area contributed by atoms with Crippen LogP contribution in [0.25, 0.3) is 0 Å². The summed E-state index contributed by atoms with van der Waals surface area (Å²) in [6.45, 7) is 7.81. The lowest BCUT2D eigenvalue weighted by molar-refractivity contribution is -0.155. The first-order valence-corrected chi connectivity index (χ1v) is 7.75. The summed E-state index contributed by atoms with van der Waals surface area (Å²) >= 11 is 0. The van der Waals surface area contributed by atoms with Crippen molar-refractivity contribution in [2.75, 3.05) is 0 Å². The zero-order chi connectivity index (χ0) is 14.7. The Kier molecular flexibility index (Phi) is 9.94. The van der Waals surface area contributed by atoms with Gasteiger partial charge in [0.2, 0.25) is 0 Å². The minimum Gasteiger partial charge on any atom is -0.460 e. The highest BCUT2D eigenvalue weighted by Gasteiger charge is 2.16. The summed E-state index contributed by atoms with van der Waals surface area (Å²) in [5, 5.41) is 9.80. The quantitative estimate of drug-likeness (QED) is 0.478. The van der Waals surface area contributed by atoms with E-state index in [1.54, 1.807) is 0 Å². The predicted molar refractivity (Wildman–Crippen MR) is 79.1 cm³/mol. The van der Waals surface area contributed by atoms with Crippen molar-refractivity contribution in [3.63, 3.8) is 0 Å². The van der Waals surface area contributed by atoms with Crippen molar-refractivity contribution >= 4 is 5.97 Å². The standard InChI is InChI=1S/C16H32O3/c1-5-6-7-8-9-11-14(17)12-10-13-15(18)19-16(2,3)4/h14,17H,5-13H2,1-4H3. The fourth-order valence-corrected chi connectivity index (χ4v) is 2.00. The van der Waals surface area contributed by atoms with Gasteiger partial charge < -0.3 is 9.84 Å². The average molecular weight is 272 g/mol. The maximum Gasteiger partial charge on any atom is 0.306 e. The Morgan fingerprint density at radius 3 is 2.21 bits per heavy atom. The molecule has 0 radical (unpaired) electrons. The zero-order valence-corrected chi connectivity index (χ0v) is 13.2. The van der Waals surface area contributed by atoms with Crippen LogP contribution in [0.1, 0.15) is 85.5 Å². The van der Waals surface area contributed by atoms with E-state index in [1.165, 1.54) is 25.7 Å². The van der Waals surface area contributed by atoms with Crippen LogP contribution < -0.4 is 0 Å². The minimum absolute atomic E-state index is 0.164. The van der Waals surface area contributed by atoms with Gasteiger partial charge in [-0.25, -0.2) is 0 Å². The van der Waals surface area contributed by atoms with Crippen molar-refractivity contribution < 1.29 is 14.6 Å². The topological polar surface area (TPSA) is 46.5 Å². The molecule has 1 N–H and O–H groups in total. The van der Waals surface area contributed by atoms with Crippen LogP contribution in [0.4, 0.5) is 0 Å². The number of aliphatic hydroxyl groups is 1. The molecule has 0 bridgehead atoms. The maximum absolute atomic E-state index is 11.5. The third-order valence-corrected chi connectivity index (χ3v) is 2.98. The second kappa shape index (κ2) is 10.2. The second-order valence-electron chi connectivity index (χ2n) is 6.34. The van der Waals surface area contributed by atoms with E-state index in [2.05, 4.69) is 6.92 Å². The number of hydrogen-bond donors (Lipinski definition) is 1. The smallest absolute Gasteiger partial charge is 0.306 e. The third-order valence-electron chi connectivity index (χ3n) is 2.98. The molecule has 0 rings (SSSR count). The summed E-state index contributed by atoms with van der Waals surface area (Å²) in [4.78, 5) is 11.5. The average Bonchev–Trinajstić information content (AvgIpc) is 2.26. The minimum atomic E-state index is -0.408. The third kappa shape index (κ3) is 13.7. The summed E-state index contributed by atoms with van der Waals surface area (Å²) in [6, 6.07) is 0. The van der Waals surface area contributed by atoms with Crippen molar-refractivity contribution in [3.8, 4) is 0 Å². The van der Waals surface area contributed by atoms with Crippen LogP contribution in [-0.4, -0.2) is 22.8 Å². The molecule has 0 aliphatic carbocycles.